The normalized spacial score (nSPS) is 9.90. The van der Waals surface area contributed by atoms with Crippen molar-refractivity contribution in [2.45, 2.75) is 18.5 Å². The summed E-state index contributed by atoms with van der Waals surface area (Å²) < 4.78 is 0.386. The smallest absolute Gasteiger partial charge is 1.00 e. The van der Waals surface area contributed by atoms with Gasteiger partial charge in [0.15, 0.2) is 18.5 Å². The second kappa shape index (κ2) is 22.1. The van der Waals surface area contributed by atoms with Gasteiger partial charge in [-0.1, -0.05) is 59.1 Å². The van der Waals surface area contributed by atoms with Gasteiger partial charge in [0.05, 0.1) is 53.8 Å². The Kier molecular flexibility index (Phi) is 18.3. The van der Waals surface area contributed by atoms with Crippen LogP contribution in [0.1, 0.15) is 0 Å². The van der Waals surface area contributed by atoms with Crippen molar-refractivity contribution < 1.29 is 70.8 Å². The Balaban J connectivity index is 0.000000387. The summed E-state index contributed by atoms with van der Waals surface area (Å²) in [5.74, 6) is 0. The molecule has 59 heavy (non-hydrogen) atoms. The quantitative estimate of drug-likeness (QED) is 0.0898. The Morgan fingerprint density at radius 1 is 0.458 bits per heavy atom. The van der Waals surface area contributed by atoms with Crippen molar-refractivity contribution in [3.05, 3.63) is 146 Å². The van der Waals surface area contributed by atoms with Gasteiger partial charge in [-0.15, -0.1) is 20.4 Å². The van der Waals surface area contributed by atoms with Crippen LogP contribution in [0.2, 0.25) is 0 Å². The molecule has 31 heteroatoms. The molecule has 2 heterocycles. The fourth-order valence-corrected chi connectivity index (χ4v) is 7.97. The molecule has 2 N–H and O–H groups in total. The first kappa shape index (κ1) is 48.9. The van der Waals surface area contributed by atoms with E-state index in [4.69, 9.17) is 0 Å². The third kappa shape index (κ3) is 12.9. The maximum atomic E-state index is 11.3. The third-order valence-corrected chi connectivity index (χ3v) is 10.5. The first-order valence-corrected chi connectivity index (χ1v) is 17.9. The summed E-state index contributed by atoms with van der Waals surface area (Å²) in [5.41, 5.74) is -3.02. The van der Waals surface area contributed by atoms with Crippen LogP contribution in [0.5, 0.6) is 0 Å². The fraction of sp³-hybridized carbons (Fsp3) is 0. The molecule has 0 atom stereocenters. The standard InChI is InChI=1S/2C14H8N6O6S2.2ClH.Ni/c2*21-18(22)9-6-10(19(23)24)12(11(7-9)20(25)26)27-14-17-16-13(28-14)15-8-4-2-1-3-5-8;;;/h2*1-7H,(H,15,16);2*1H;/q;;;;+2/p-2. The molecule has 0 saturated heterocycles. The summed E-state index contributed by atoms with van der Waals surface area (Å²) in [5, 5.41) is 89.3. The molecule has 0 aliphatic heterocycles. The van der Waals surface area contributed by atoms with Gasteiger partial charge in [0.25, 0.3) is 34.1 Å². The number of hydrogen-bond donors (Lipinski definition) is 2. The summed E-state index contributed by atoms with van der Waals surface area (Å²) in [4.78, 5) is 60.9. The largest absolute Gasteiger partial charge is 2.00 e. The second-order valence-electron chi connectivity index (χ2n) is 10.1. The van der Waals surface area contributed by atoms with Gasteiger partial charge < -0.3 is 35.4 Å². The molecule has 0 aliphatic carbocycles. The van der Waals surface area contributed by atoms with Gasteiger partial charge in [0.2, 0.25) is 10.3 Å². The van der Waals surface area contributed by atoms with Crippen molar-refractivity contribution in [2.24, 2.45) is 0 Å². The molecule has 0 amide bonds. The van der Waals surface area contributed by atoms with Crippen LogP contribution in [0.25, 0.3) is 0 Å². The molecule has 0 fully saturated rings. The number of non-ortho nitro benzene ring substituents is 2. The number of nitrogens with zero attached hydrogens (tertiary/aromatic N) is 10. The molecule has 0 saturated carbocycles. The Morgan fingerprint density at radius 3 is 1.00 bits per heavy atom. The molecule has 24 nitrogen and oxygen atoms in total. The number of aromatic nitrogens is 4. The van der Waals surface area contributed by atoms with E-state index in [1.54, 1.807) is 24.3 Å². The average molecular weight is 970 g/mol. The maximum Gasteiger partial charge on any atom is 2.00 e. The second-order valence-corrected chi connectivity index (χ2v) is 14.6. The van der Waals surface area contributed by atoms with Crippen molar-refractivity contribution in [1.82, 2.24) is 20.4 Å². The van der Waals surface area contributed by atoms with Gasteiger partial charge in [0, 0.05) is 11.4 Å². The minimum absolute atomic E-state index is 0. The minimum atomic E-state index is -0.929. The summed E-state index contributed by atoms with van der Waals surface area (Å²) >= 11 is 3.35. The van der Waals surface area contributed by atoms with Gasteiger partial charge in [-0.3, -0.25) is 60.7 Å². The number of rotatable bonds is 14. The van der Waals surface area contributed by atoms with Crippen molar-refractivity contribution in [3.8, 4) is 0 Å². The number of anilines is 4. The van der Waals surface area contributed by atoms with E-state index in [2.05, 4.69) is 31.0 Å². The summed E-state index contributed by atoms with van der Waals surface area (Å²) in [6, 6.07) is 20.8. The Bertz CT molecular complexity index is 2270. The number of benzene rings is 4. The Hall–Kier alpha value is -6.23. The molecule has 4 aromatic carbocycles. The van der Waals surface area contributed by atoms with E-state index in [-0.39, 0.29) is 59.8 Å². The van der Waals surface area contributed by atoms with Crippen LogP contribution >= 0.6 is 46.2 Å². The molecule has 0 aliphatic rings. The Labute approximate surface area is 365 Å². The summed E-state index contributed by atoms with van der Waals surface area (Å²) in [6.45, 7) is 0. The van der Waals surface area contributed by atoms with Gasteiger partial charge in [-0.2, -0.15) is 0 Å². The van der Waals surface area contributed by atoms with E-state index >= 15 is 0 Å². The maximum absolute atomic E-state index is 11.3. The number of nitro benzene ring substituents is 6. The zero-order chi connectivity index (χ0) is 40.5. The van der Waals surface area contributed by atoms with Crippen molar-refractivity contribution in [2.75, 3.05) is 10.6 Å². The first-order valence-electron chi connectivity index (χ1n) is 14.6. The average Bonchev–Trinajstić information content (AvgIpc) is 3.80. The molecule has 0 bridgehead atoms. The van der Waals surface area contributed by atoms with Crippen LogP contribution in [0.4, 0.5) is 55.8 Å². The van der Waals surface area contributed by atoms with E-state index in [0.29, 0.717) is 58.1 Å². The van der Waals surface area contributed by atoms with E-state index < -0.39 is 63.7 Å². The Morgan fingerprint density at radius 2 is 0.746 bits per heavy atom. The van der Waals surface area contributed by atoms with Crippen LogP contribution in [-0.4, -0.2) is 49.9 Å². The van der Waals surface area contributed by atoms with Gasteiger partial charge >= 0.3 is 16.5 Å². The summed E-state index contributed by atoms with van der Waals surface area (Å²) in [7, 11) is 0. The van der Waals surface area contributed by atoms with Gasteiger partial charge in [0.1, 0.15) is 0 Å². The molecule has 6 rings (SSSR count). The van der Waals surface area contributed by atoms with Crippen LogP contribution in [-0.2, 0) is 16.5 Å². The molecular formula is C28H16Cl2N12NiO12S4. The molecule has 0 unspecified atom stereocenters. The SMILES string of the molecule is O=[N+]([O-])c1cc([N+](=O)[O-])c(Sc2nnc(Nc3ccccc3)s2)c([N+](=O)[O-])c1.O=[N+]([O-])c1cc([N+](=O)[O-])c(Sc2nnc(Nc3ccccc3)s2)c([N+](=O)[O-])c1.[Cl-].[Cl-].[Ni+2]. The van der Waals surface area contributed by atoms with Crippen molar-refractivity contribution in [3.63, 3.8) is 0 Å². The predicted octanol–water partition coefficient (Wildman–Crippen LogP) is 2.32. The third-order valence-electron chi connectivity index (χ3n) is 6.52. The molecule has 2 aromatic heterocycles. The van der Waals surface area contributed by atoms with E-state index in [9.17, 15) is 60.7 Å². The fourth-order valence-electron chi connectivity index (χ4n) is 4.20. The molecule has 6 aromatic rings. The predicted molar refractivity (Wildman–Crippen MR) is 200 cm³/mol. The molecule has 308 valence electrons. The number of para-hydroxylation sites is 2. The van der Waals surface area contributed by atoms with Crippen LogP contribution in [0, 0.1) is 60.7 Å². The monoisotopic (exact) mass is 968 g/mol. The first-order chi connectivity index (χ1) is 26.7. The number of hydrogen-bond acceptors (Lipinski definition) is 22. The van der Waals surface area contributed by atoms with Gasteiger partial charge in [-0.05, 0) is 47.8 Å². The van der Waals surface area contributed by atoms with E-state index in [1.165, 1.54) is 0 Å². The number of nitro groups is 6. The zero-order valence-electron chi connectivity index (χ0n) is 28.2. The number of halogens is 2. The van der Waals surface area contributed by atoms with Crippen LogP contribution < -0.4 is 35.4 Å². The van der Waals surface area contributed by atoms with Crippen LogP contribution in [0.15, 0.2) is 103 Å². The molecular weight excluding hydrogens is 954 g/mol. The molecule has 0 spiro atoms. The summed E-state index contributed by atoms with van der Waals surface area (Å²) in [6.07, 6.45) is 0. The van der Waals surface area contributed by atoms with Crippen molar-refractivity contribution in [1.29, 1.82) is 0 Å². The van der Waals surface area contributed by atoms with E-state index in [0.717, 1.165) is 34.0 Å². The zero-order valence-corrected chi connectivity index (χ0v) is 33.9. The number of nitrogens with one attached hydrogen (secondary N) is 2. The van der Waals surface area contributed by atoms with E-state index in [1.807, 2.05) is 36.4 Å². The molecule has 0 radical (unpaired) electrons. The minimum Gasteiger partial charge on any atom is -1.00 e. The van der Waals surface area contributed by atoms with Crippen molar-refractivity contribution >= 4 is 102 Å². The topological polar surface area (TPSA) is 334 Å². The van der Waals surface area contributed by atoms with Gasteiger partial charge in [-0.25, -0.2) is 0 Å². The van der Waals surface area contributed by atoms with Crippen LogP contribution in [0.3, 0.4) is 0 Å².